The van der Waals surface area contributed by atoms with Gasteiger partial charge in [0, 0.05) is 0 Å². The lowest BCUT2D eigenvalue weighted by Crippen LogP contribution is -2.08. The molecule has 2 rings (SSSR count). The highest BCUT2D eigenvalue weighted by Gasteiger charge is 2.35. The summed E-state index contributed by atoms with van der Waals surface area (Å²) in [6.45, 7) is 9.32. The summed E-state index contributed by atoms with van der Waals surface area (Å²) in [7, 11) is 0. The Morgan fingerprint density at radius 2 is 1.65 bits per heavy atom. The number of unbranched alkanes of at least 4 members (excludes halogenated alkanes) is 3. The molecule has 0 bridgehead atoms. The van der Waals surface area contributed by atoms with Crippen molar-refractivity contribution in [2.75, 3.05) is 0 Å². The molecule has 0 saturated heterocycles. The molecule has 0 heterocycles. The van der Waals surface area contributed by atoms with Crippen LogP contribution in [0.15, 0.2) is 12.1 Å². The van der Waals surface area contributed by atoms with E-state index in [4.69, 9.17) is 0 Å². The van der Waals surface area contributed by atoms with Gasteiger partial charge in [-0.25, -0.2) is 0 Å². The molecule has 0 aromatic heterocycles. The van der Waals surface area contributed by atoms with E-state index >= 15 is 0 Å². The van der Waals surface area contributed by atoms with Gasteiger partial charge in [-0.15, -0.1) is 0 Å². The van der Waals surface area contributed by atoms with Gasteiger partial charge in [0.1, 0.15) is 0 Å². The van der Waals surface area contributed by atoms with Crippen LogP contribution >= 0.6 is 0 Å². The second-order valence-electron chi connectivity index (χ2n) is 9.72. The normalized spacial score (nSPS) is 16.0. The summed E-state index contributed by atoms with van der Waals surface area (Å²) in [4.78, 5) is 0. The van der Waals surface area contributed by atoms with Crippen molar-refractivity contribution >= 4 is 0 Å². The quantitative estimate of drug-likeness (QED) is 0.307. The molecule has 0 atom stereocenters. The van der Waals surface area contributed by atoms with Gasteiger partial charge in [-0.1, -0.05) is 59.4 Å². The molecule has 26 heavy (non-hydrogen) atoms. The summed E-state index contributed by atoms with van der Waals surface area (Å²) in [6.07, 6.45) is 14.4. The van der Waals surface area contributed by atoms with E-state index in [1.807, 2.05) is 0 Å². The number of benzene rings is 1. The van der Waals surface area contributed by atoms with Crippen LogP contribution in [-0.2, 0) is 12.8 Å². The molecule has 2 heteroatoms. The third-order valence-electron chi connectivity index (χ3n) is 6.58. The molecule has 1 fully saturated rings. The van der Waals surface area contributed by atoms with Crippen LogP contribution in [0.1, 0.15) is 103 Å². The molecule has 1 aliphatic carbocycles. The van der Waals surface area contributed by atoms with Crippen molar-refractivity contribution in [3.8, 4) is 11.5 Å². The average Bonchev–Trinajstić information content (AvgIpc) is 3.33. The fraction of sp³-hybridized carbons (Fsp3) is 0.750. The van der Waals surface area contributed by atoms with E-state index in [0.717, 1.165) is 24.8 Å². The zero-order valence-electron chi connectivity index (χ0n) is 17.5. The first kappa shape index (κ1) is 21.1. The van der Waals surface area contributed by atoms with Gasteiger partial charge in [-0.05, 0) is 79.4 Å². The fourth-order valence-corrected chi connectivity index (χ4v) is 3.69. The minimum atomic E-state index is 0.0544. The largest absolute Gasteiger partial charge is 0.504 e. The number of hydrogen-bond donors (Lipinski definition) is 2. The predicted molar refractivity (Wildman–Crippen MR) is 111 cm³/mol. The molecule has 0 amide bonds. The third kappa shape index (κ3) is 6.85. The van der Waals surface area contributed by atoms with E-state index in [1.54, 1.807) is 6.07 Å². The van der Waals surface area contributed by atoms with Crippen molar-refractivity contribution in [2.45, 2.75) is 105 Å². The molecule has 2 N–H and O–H groups in total. The molecule has 148 valence electrons. The van der Waals surface area contributed by atoms with Gasteiger partial charge in [0.05, 0.1) is 0 Å². The summed E-state index contributed by atoms with van der Waals surface area (Å²) in [5.74, 6) is 0.145. The van der Waals surface area contributed by atoms with Crippen LogP contribution in [0.2, 0.25) is 0 Å². The summed E-state index contributed by atoms with van der Waals surface area (Å²) >= 11 is 0. The zero-order valence-corrected chi connectivity index (χ0v) is 17.5. The maximum Gasteiger partial charge on any atom is 0.160 e. The highest BCUT2D eigenvalue weighted by Crippen LogP contribution is 2.49. The Balaban J connectivity index is 1.76. The summed E-state index contributed by atoms with van der Waals surface area (Å²) in [5.41, 5.74) is 3.17. The Bertz CT molecular complexity index is 570. The minimum absolute atomic E-state index is 0.0544. The molecular formula is C24H40O2. The van der Waals surface area contributed by atoms with Crippen LogP contribution in [0.3, 0.4) is 0 Å². The zero-order chi connectivity index (χ0) is 19.2. The van der Waals surface area contributed by atoms with Crippen molar-refractivity contribution in [3.63, 3.8) is 0 Å². The van der Waals surface area contributed by atoms with Gasteiger partial charge >= 0.3 is 0 Å². The van der Waals surface area contributed by atoms with Gasteiger partial charge in [0.25, 0.3) is 0 Å². The molecule has 1 aliphatic rings. The molecule has 1 aromatic carbocycles. The predicted octanol–water partition coefficient (Wildman–Crippen LogP) is 7.15. The molecule has 1 saturated carbocycles. The van der Waals surface area contributed by atoms with E-state index in [0.29, 0.717) is 10.8 Å². The maximum atomic E-state index is 10.2. The van der Waals surface area contributed by atoms with Gasteiger partial charge < -0.3 is 10.2 Å². The van der Waals surface area contributed by atoms with Crippen molar-refractivity contribution in [3.05, 3.63) is 23.3 Å². The number of aryl methyl sites for hydroxylation is 2. The van der Waals surface area contributed by atoms with E-state index in [-0.39, 0.29) is 11.5 Å². The number of aromatic hydroxyl groups is 2. The van der Waals surface area contributed by atoms with Gasteiger partial charge in [-0.3, -0.25) is 0 Å². The Kier molecular flexibility index (Phi) is 7.43. The SMILES string of the molecule is CCC(C)(C)CCCCCc1cc(CCCCC2(C)CC2)cc(O)c1O. The summed E-state index contributed by atoms with van der Waals surface area (Å²) < 4.78 is 0. The van der Waals surface area contributed by atoms with Crippen molar-refractivity contribution in [1.82, 2.24) is 0 Å². The van der Waals surface area contributed by atoms with Crippen LogP contribution in [0.25, 0.3) is 0 Å². The van der Waals surface area contributed by atoms with Crippen molar-refractivity contribution < 1.29 is 10.2 Å². The topological polar surface area (TPSA) is 40.5 Å². The van der Waals surface area contributed by atoms with E-state index in [9.17, 15) is 10.2 Å². The Morgan fingerprint density at radius 1 is 0.962 bits per heavy atom. The first-order valence-electron chi connectivity index (χ1n) is 10.8. The second-order valence-corrected chi connectivity index (χ2v) is 9.72. The van der Waals surface area contributed by atoms with Gasteiger partial charge in [0.2, 0.25) is 0 Å². The van der Waals surface area contributed by atoms with Crippen molar-refractivity contribution in [1.29, 1.82) is 0 Å². The van der Waals surface area contributed by atoms with Gasteiger partial charge in [-0.2, -0.15) is 0 Å². The molecule has 0 aliphatic heterocycles. The summed E-state index contributed by atoms with van der Waals surface area (Å²) in [6, 6.07) is 3.87. The number of phenols is 2. The van der Waals surface area contributed by atoms with Crippen LogP contribution in [0, 0.1) is 10.8 Å². The van der Waals surface area contributed by atoms with Crippen LogP contribution in [0.4, 0.5) is 0 Å². The summed E-state index contributed by atoms with van der Waals surface area (Å²) in [5, 5.41) is 20.3. The standard InChI is InChI=1S/C24H40O2/c1-5-23(2,3)13-9-6-7-12-20-17-19(18-21(25)22(20)26)11-8-10-14-24(4)15-16-24/h17-18,25-26H,5-16H2,1-4H3. The average molecular weight is 361 g/mol. The van der Waals surface area contributed by atoms with Crippen LogP contribution < -0.4 is 0 Å². The lowest BCUT2D eigenvalue weighted by molar-refractivity contribution is 0.308. The molecule has 0 unspecified atom stereocenters. The Hall–Kier alpha value is -1.18. The van der Waals surface area contributed by atoms with E-state index in [2.05, 4.69) is 33.8 Å². The maximum absolute atomic E-state index is 10.2. The number of hydrogen-bond acceptors (Lipinski definition) is 2. The first-order chi connectivity index (χ1) is 12.2. The first-order valence-corrected chi connectivity index (χ1v) is 10.8. The fourth-order valence-electron chi connectivity index (χ4n) is 3.69. The molecule has 1 aromatic rings. The van der Waals surface area contributed by atoms with Crippen LogP contribution in [-0.4, -0.2) is 10.2 Å². The van der Waals surface area contributed by atoms with Crippen LogP contribution in [0.5, 0.6) is 11.5 Å². The van der Waals surface area contributed by atoms with E-state index in [1.165, 1.54) is 63.4 Å². The minimum Gasteiger partial charge on any atom is -0.504 e. The molecule has 0 radical (unpaired) electrons. The second kappa shape index (κ2) is 9.15. The monoisotopic (exact) mass is 360 g/mol. The molecular weight excluding hydrogens is 320 g/mol. The number of rotatable bonds is 12. The lowest BCUT2D eigenvalue weighted by Gasteiger charge is -2.22. The lowest BCUT2D eigenvalue weighted by atomic mass is 9.84. The highest BCUT2D eigenvalue weighted by molar-refractivity contribution is 5.47. The Morgan fingerprint density at radius 3 is 2.31 bits per heavy atom. The third-order valence-corrected chi connectivity index (χ3v) is 6.58. The van der Waals surface area contributed by atoms with E-state index < -0.39 is 0 Å². The number of phenolic OH excluding ortho intramolecular Hbond substituents is 2. The van der Waals surface area contributed by atoms with Crippen molar-refractivity contribution in [2.24, 2.45) is 10.8 Å². The molecule has 0 spiro atoms. The smallest absolute Gasteiger partial charge is 0.160 e. The molecule has 2 nitrogen and oxygen atoms in total. The Labute approximate surface area is 161 Å². The van der Waals surface area contributed by atoms with Gasteiger partial charge in [0.15, 0.2) is 11.5 Å². The highest BCUT2D eigenvalue weighted by atomic mass is 16.3.